The van der Waals surface area contributed by atoms with Gasteiger partial charge in [-0.2, -0.15) is 0 Å². The van der Waals surface area contributed by atoms with Crippen molar-refractivity contribution in [2.24, 2.45) is 22.7 Å². The molecule has 0 saturated heterocycles. The van der Waals surface area contributed by atoms with Gasteiger partial charge in [0.25, 0.3) is 0 Å². The molecule has 23 heavy (non-hydrogen) atoms. The third-order valence-electron chi connectivity index (χ3n) is 6.56. The Morgan fingerprint density at radius 3 is 2.65 bits per heavy atom. The fraction of sp³-hybridized carbons (Fsp3) is 0.550. The Kier molecular flexibility index (Phi) is 4.14. The van der Waals surface area contributed by atoms with Crippen LogP contribution in [0.15, 0.2) is 24.8 Å². The van der Waals surface area contributed by atoms with E-state index < -0.39 is 0 Å². The van der Waals surface area contributed by atoms with E-state index in [1.165, 1.54) is 0 Å². The molecule has 0 spiro atoms. The molecular formula is C20H25IO2. The number of benzene rings is 1. The number of rotatable bonds is 4. The van der Waals surface area contributed by atoms with Crippen molar-refractivity contribution in [3.8, 4) is 5.75 Å². The molecule has 3 heteroatoms. The Balaban J connectivity index is 1.95. The minimum Gasteiger partial charge on any atom is -0.496 e. The molecule has 0 heterocycles. The largest absolute Gasteiger partial charge is 0.496 e. The van der Waals surface area contributed by atoms with E-state index in [2.05, 4.69) is 56.0 Å². The van der Waals surface area contributed by atoms with E-state index in [0.717, 1.165) is 39.7 Å². The van der Waals surface area contributed by atoms with Gasteiger partial charge in [0.2, 0.25) is 0 Å². The molecule has 3 saturated carbocycles. The number of fused-ring (bicyclic) bond motifs is 2. The summed E-state index contributed by atoms with van der Waals surface area (Å²) in [7, 11) is 1.69. The Morgan fingerprint density at radius 2 is 2.09 bits per heavy atom. The van der Waals surface area contributed by atoms with Crippen molar-refractivity contribution in [1.82, 2.24) is 0 Å². The van der Waals surface area contributed by atoms with Crippen LogP contribution in [0.25, 0.3) is 5.57 Å². The van der Waals surface area contributed by atoms with E-state index in [4.69, 9.17) is 4.74 Å². The monoisotopic (exact) mass is 424 g/mol. The van der Waals surface area contributed by atoms with Gasteiger partial charge in [-0.05, 0) is 70.4 Å². The van der Waals surface area contributed by atoms with Gasteiger partial charge in [0.05, 0.1) is 10.7 Å². The van der Waals surface area contributed by atoms with Gasteiger partial charge >= 0.3 is 0 Å². The van der Waals surface area contributed by atoms with Crippen LogP contribution in [0.2, 0.25) is 0 Å². The predicted molar refractivity (Wildman–Crippen MR) is 102 cm³/mol. The number of methoxy groups -OCH3 is 1. The zero-order valence-corrected chi connectivity index (χ0v) is 16.6. The zero-order chi connectivity index (χ0) is 17.0. The Bertz CT molecular complexity index is 676. The number of ether oxygens (including phenoxy) is 1. The summed E-state index contributed by atoms with van der Waals surface area (Å²) in [4.78, 5) is 12.9. The Morgan fingerprint density at radius 1 is 1.39 bits per heavy atom. The van der Waals surface area contributed by atoms with Crippen LogP contribution in [-0.4, -0.2) is 12.9 Å². The molecule has 1 aromatic carbocycles. The van der Waals surface area contributed by atoms with Gasteiger partial charge in [0, 0.05) is 11.3 Å². The number of hydrogen-bond acceptors (Lipinski definition) is 2. The molecule has 2 nitrogen and oxygen atoms in total. The van der Waals surface area contributed by atoms with E-state index in [-0.39, 0.29) is 16.7 Å². The second kappa shape index (κ2) is 5.61. The quantitative estimate of drug-likeness (QED) is 0.610. The SMILES string of the molecule is C=C(C[C@]12C(=O)[C@H](CCC1C)C2(C)C)c1cccc(OC)c1I. The van der Waals surface area contributed by atoms with E-state index in [9.17, 15) is 4.79 Å². The number of halogens is 1. The van der Waals surface area contributed by atoms with Gasteiger partial charge in [-0.3, -0.25) is 4.79 Å². The van der Waals surface area contributed by atoms with Crippen LogP contribution in [-0.2, 0) is 4.79 Å². The Hall–Kier alpha value is -0.840. The van der Waals surface area contributed by atoms with Crippen molar-refractivity contribution in [3.63, 3.8) is 0 Å². The molecular weight excluding hydrogens is 399 g/mol. The highest BCUT2D eigenvalue weighted by Crippen LogP contribution is 2.69. The molecule has 2 bridgehead atoms. The van der Waals surface area contributed by atoms with Gasteiger partial charge in [0.1, 0.15) is 11.5 Å². The molecule has 0 N–H and O–H groups in total. The van der Waals surface area contributed by atoms with Gasteiger partial charge in [-0.25, -0.2) is 0 Å². The van der Waals surface area contributed by atoms with Crippen LogP contribution in [0.4, 0.5) is 0 Å². The van der Waals surface area contributed by atoms with Crippen LogP contribution < -0.4 is 4.74 Å². The first-order chi connectivity index (χ1) is 10.8. The van der Waals surface area contributed by atoms with Crippen LogP contribution in [0, 0.1) is 26.2 Å². The average Bonchev–Trinajstić information content (AvgIpc) is 2.50. The van der Waals surface area contributed by atoms with Gasteiger partial charge in [0.15, 0.2) is 0 Å². The maximum absolute atomic E-state index is 12.9. The fourth-order valence-corrected chi connectivity index (χ4v) is 6.05. The van der Waals surface area contributed by atoms with E-state index in [0.29, 0.717) is 11.7 Å². The van der Waals surface area contributed by atoms with Crippen molar-refractivity contribution in [2.45, 2.75) is 40.0 Å². The maximum Gasteiger partial charge on any atom is 0.143 e. The highest BCUT2D eigenvalue weighted by molar-refractivity contribution is 14.1. The summed E-state index contributed by atoms with van der Waals surface area (Å²) in [5, 5.41) is 0. The van der Waals surface area contributed by atoms with E-state index in [1.807, 2.05) is 12.1 Å². The molecule has 0 aliphatic heterocycles. The minimum atomic E-state index is -0.237. The van der Waals surface area contributed by atoms with Crippen LogP contribution in [0.1, 0.15) is 45.6 Å². The van der Waals surface area contributed by atoms with Gasteiger partial charge in [-0.15, -0.1) is 0 Å². The molecule has 4 rings (SSSR count). The summed E-state index contributed by atoms with van der Waals surface area (Å²) in [5.41, 5.74) is 2.01. The molecule has 124 valence electrons. The first-order valence-corrected chi connectivity index (χ1v) is 9.40. The second-order valence-corrected chi connectivity index (χ2v) is 8.77. The lowest BCUT2D eigenvalue weighted by Crippen LogP contribution is -2.69. The number of allylic oxidation sites excluding steroid dienone is 1. The fourth-order valence-electron chi connectivity index (χ4n) is 5.08. The molecule has 0 amide bonds. The third-order valence-corrected chi connectivity index (χ3v) is 7.68. The average molecular weight is 424 g/mol. The highest BCUT2D eigenvalue weighted by Gasteiger charge is 2.70. The number of Topliss-reactive ketones (excluding diaryl/α,β-unsaturated/α-hetero) is 1. The molecule has 3 aliphatic rings. The molecule has 0 aromatic heterocycles. The number of hydrogen-bond donors (Lipinski definition) is 0. The normalized spacial score (nSPS) is 31.4. The minimum absolute atomic E-state index is 0.0784. The molecule has 3 atom stereocenters. The van der Waals surface area contributed by atoms with E-state index >= 15 is 0 Å². The molecule has 1 aromatic rings. The predicted octanol–water partition coefficient (Wildman–Crippen LogP) is 5.34. The van der Waals surface area contributed by atoms with Gasteiger partial charge in [-0.1, -0.05) is 39.5 Å². The van der Waals surface area contributed by atoms with E-state index in [1.54, 1.807) is 7.11 Å². The molecule has 0 radical (unpaired) electrons. The number of carbonyl (C=O) groups is 1. The molecule has 3 fully saturated rings. The second-order valence-electron chi connectivity index (χ2n) is 7.69. The summed E-state index contributed by atoms with van der Waals surface area (Å²) >= 11 is 2.32. The van der Waals surface area contributed by atoms with Crippen LogP contribution in [0.3, 0.4) is 0 Å². The first kappa shape index (κ1) is 17.0. The van der Waals surface area contributed by atoms with Crippen molar-refractivity contribution in [3.05, 3.63) is 33.9 Å². The van der Waals surface area contributed by atoms with Crippen LogP contribution in [0.5, 0.6) is 5.75 Å². The first-order valence-electron chi connectivity index (χ1n) is 8.32. The molecule has 1 unspecified atom stereocenters. The summed E-state index contributed by atoms with van der Waals surface area (Å²) in [6.45, 7) is 11.1. The van der Waals surface area contributed by atoms with Crippen molar-refractivity contribution >= 4 is 33.9 Å². The summed E-state index contributed by atoms with van der Waals surface area (Å²) in [5.74, 6) is 2.02. The lowest BCUT2D eigenvalue weighted by Gasteiger charge is -2.67. The van der Waals surface area contributed by atoms with Crippen molar-refractivity contribution in [1.29, 1.82) is 0 Å². The topological polar surface area (TPSA) is 26.3 Å². The van der Waals surface area contributed by atoms with Crippen molar-refractivity contribution in [2.75, 3.05) is 7.11 Å². The number of ketones is 1. The lowest BCUT2D eigenvalue weighted by atomic mass is 9.35. The smallest absolute Gasteiger partial charge is 0.143 e. The lowest BCUT2D eigenvalue weighted by molar-refractivity contribution is -0.195. The summed E-state index contributed by atoms with van der Waals surface area (Å²) in [6, 6.07) is 6.05. The summed E-state index contributed by atoms with van der Waals surface area (Å²) in [6.07, 6.45) is 2.97. The Labute approximate surface area is 152 Å². The molecule has 3 aliphatic carbocycles. The zero-order valence-electron chi connectivity index (χ0n) is 14.4. The maximum atomic E-state index is 12.9. The number of carbonyl (C=O) groups excluding carboxylic acids is 1. The third kappa shape index (κ3) is 2.15. The standard InChI is InChI=1S/C20H25IO2/c1-12(14-7-6-8-16(23-5)17(14)21)11-20-13(2)9-10-15(18(20)22)19(20,3)4/h6-8,13,15H,1,9-11H2,2-5H3/t13?,15-,20+/m0/s1. The highest BCUT2D eigenvalue weighted by atomic mass is 127. The van der Waals surface area contributed by atoms with Crippen LogP contribution >= 0.6 is 22.6 Å². The van der Waals surface area contributed by atoms with Crippen molar-refractivity contribution < 1.29 is 9.53 Å². The summed E-state index contributed by atoms with van der Waals surface area (Å²) < 4.78 is 6.51. The van der Waals surface area contributed by atoms with Gasteiger partial charge < -0.3 is 4.74 Å².